The third-order valence-corrected chi connectivity index (χ3v) is 5.56. The molecule has 0 saturated heterocycles. The van der Waals surface area contributed by atoms with Crippen molar-refractivity contribution in [3.05, 3.63) is 89.3 Å². The fourth-order valence-corrected chi connectivity index (χ4v) is 3.85. The fourth-order valence-electron chi connectivity index (χ4n) is 3.16. The molecule has 1 amide bonds. The van der Waals surface area contributed by atoms with Crippen molar-refractivity contribution in [1.29, 1.82) is 5.26 Å². The highest BCUT2D eigenvalue weighted by atomic mass is 32.1. The van der Waals surface area contributed by atoms with E-state index in [1.807, 2.05) is 60.0 Å². The lowest BCUT2D eigenvalue weighted by Crippen LogP contribution is -2.11. The molecule has 148 valence electrons. The lowest BCUT2D eigenvalue weighted by Gasteiger charge is -2.08. The number of thiophene rings is 1. The van der Waals surface area contributed by atoms with Crippen molar-refractivity contribution in [2.75, 3.05) is 5.32 Å². The second kappa shape index (κ2) is 7.82. The van der Waals surface area contributed by atoms with Crippen LogP contribution in [0.25, 0.3) is 27.6 Å². The van der Waals surface area contributed by atoms with Crippen LogP contribution in [-0.4, -0.2) is 25.7 Å². The number of hydrogen-bond donors (Lipinski definition) is 1. The van der Waals surface area contributed by atoms with Crippen LogP contribution < -0.4 is 5.32 Å². The Balaban J connectivity index is 1.44. The summed E-state index contributed by atoms with van der Waals surface area (Å²) in [6, 6.07) is 23.7. The van der Waals surface area contributed by atoms with Crippen LogP contribution in [-0.2, 0) is 0 Å². The molecule has 0 unspecified atom stereocenters. The van der Waals surface area contributed by atoms with E-state index in [2.05, 4.69) is 15.5 Å². The predicted octanol–water partition coefficient (Wildman–Crippen LogP) is 4.64. The second-order valence-electron chi connectivity index (χ2n) is 6.71. The van der Waals surface area contributed by atoms with Gasteiger partial charge in [-0.05, 0) is 60.0 Å². The molecule has 0 radical (unpaired) electrons. The highest BCUT2D eigenvalue weighted by Crippen LogP contribution is 2.25. The summed E-state index contributed by atoms with van der Waals surface area (Å²) in [7, 11) is 0. The molecule has 8 heteroatoms. The summed E-state index contributed by atoms with van der Waals surface area (Å²) < 4.78 is 1.73. The van der Waals surface area contributed by atoms with Crippen LogP contribution in [0.4, 0.5) is 5.69 Å². The number of nitriles is 1. The maximum absolute atomic E-state index is 12.5. The molecule has 0 aliphatic rings. The number of anilines is 1. The summed E-state index contributed by atoms with van der Waals surface area (Å²) in [5.41, 5.74) is 3.89. The van der Waals surface area contributed by atoms with Gasteiger partial charge in [0.25, 0.3) is 5.91 Å². The lowest BCUT2D eigenvalue weighted by atomic mass is 10.1. The number of amides is 1. The molecule has 3 aromatic heterocycles. The van der Waals surface area contributed by atoms with Crippen LogP contribution >= 0.6 is 11.3 Å². The normalized spacial score (nSPS) is 10.7. The van der Waals surface area contributed by atoms with Crippen molar-refractivity contribution in [2.45, 2.75) is 0 Å². The molecule has 1 N–H and O–H groups in total. The van der Waals surface area contributed by atoms with E-state index >= 15 is 0 Å². The zero-order chi connectivity index (χ0) is 21.2. The maximum Gasteiger partial charge on any atom is 0.255 e. The van der Waals surface area contributed by atoms with Crippen molar-refractivity contribution in [3.8, 4) is 28.0 Å². The summed E-state index contributed by atoms with van der Waals surface area (Å²) in [6.45, 7) is 0. The third-order valence-electron chi connectivity index (χ3n) is 4.70. The summed E-state index contributed by atoms with van der Waals surface area (Å²) in [4.78, 5) is 13.5. The van der Waals surface area contributed by atoms with E-state index in [1.54, 1.807) is 40.1 Å². The molecule has 0 atom stereocenters. The number of rotatable bonds is 4. The molecule has 2 aromatic carbocycles. The Labute approximate surface area is 181 Å². The molecule has 0 aliphatic carbocycles. The maximum atomic E-state index is 12.5. The molecule has 0 aliphatic heterocycles. The van der Waals surface area contributed by atoms with Crippen LogP contribution in [0.5, 0.6) is 0 Å². The first-order valence-corrected chi connectivity index (χ1v) is 10.3. The lowest BCUT2D eigenvalue weighted by molar-refractivity contribution is 0.102. The minimum Gasteiger partial charge on any atom is -0.322 e. The average molecular weight is 422 g/mol. The van der Waals surface area contributed by atoms with Crippen LogP contribution in [0.15, 0.2) is 78.2 Å². The van der Waals surface area contributed by atoms with Crippen LogP contribution in [0.3, 0.4) is 0 Å². The third kappa shape index (κ3) is 3.66. The van der Waals surface area contributed by atoms with Gasteiger partial charge in [0.05, 0.1) is 22.2 Å². The van der Waals surface area contributed by atoms with Gasteiger partial charge in [-0.1, -0.05) is 18.2 Å². The molecule has 3 heterocycles. The summed E-state index contributed by atoms with van der Waals surface area (Å²) >= 11 is 1.58. The Morgan fingerprint density at radius 2 is 1.87 bits per heavy atom. The van der Waals surface area contributed by atoms with Gasteiger partial charge in [0.2, 0.25) is 0 Å². The van der Waals surface area contributed by atoms with Gasteiger partial charge < -0.3 is 5.32 Å². The Bertz CT molecular complexity index is 1430. The standard InChI is InChI=1S/C23H14N6OS/c24-14-15-6-8-16(9-7-15)23(30)25-18-4-1-3-17(13-18)19-10-11-21-26-27-22(29(21)28-19)20-5-2-12-31-20/h1-13H,(H,25,30). The van der Waals surface area contributed by atoms with Gasteiger partial charge in [0.1, 0.15) is 0 Å². The van der Waals surface area contributed by atoms with Gasteiger partial charge in [-0.25, -0.2) is 0 Å². The van der Waals surface area contributed by atoms with Crippen LogP contribution in [0, 0.1) is 11.3 Å². The Hall–Kier alpha value is -4.35. The second-order valence-corrected chi connectivity index (χ2v) is 7.66. The number of nitrogens with one attached hydrogen (secondary N) is 1. The Morgan fingerprint density at radius 3 is 2.65 bits per heavy atom. The number of benzene rings is 2. The monoisotopic (exact) mass is 422 g/mol. The van der Waals surface area contributed by atoms with Gasteiger partial charge in [0.15, 0.2) is 11.5 Å². The number of fused-ring (bicyclic) bond motifs is 1. The fraction of sp³-hybridized carbons (Fsp3) is 0. The van der Waals surface area contributed by atoms with Crippen molar-refractivity contribution < 1.29 is 4.79 Å². The van der Waals surface area contributed by atoms with Gasteiger partial charge >= 0.3 is 0 Å². The van der Waals surface area contributed by atoms with Crippen molar-refractivity contribution >= 4 is 28.6 Å². The van der Waals surface area contributed by atoms with Crippen LogP contribution in [0.2, 0.25) is 0 Å². The topological polar surface area (TPSA) is 96.0 Å². The van der Waals surface area contributed by atoms with Crippen LogP contribution in [0.1, 0.15) is 15.9 Å². The zero-order valence-electron chi connectivity index (χ0n) is 16.1. The summed E-state index contributed by atoms with van der Waals surface area (Å²) in [6.07, 6.45) is 0. The highest BCUT2D eigenvalue weighted by molar-refractivity contribution is 7.13. The molecule has 0 fully saturated rings. The first-order valence-electron chi connectivity index (χ1n) is 9.39. The molecule has 0 bridgehead atoms. The number of carbonyl (C=O) groups is 1. The molecule has 5 rings (SSSR count). The quantitative estimate of drug-likeness (QED) is 0.455. The Kier molecular flexibility index (Phi) is 4.71. The van der Waals surface area contributed by atoms with E-state index in [1.165, 1.54) is 0 Å². The molecule has 5 aromatic rings. The van der Waals surface area contributed by atoms with Crippen molar-refractivity contribution in [3.63, 3.8) is 0 Å². The first kappa shape index (κ1) is 18.7. The number of aromatic nitrogens is 4. The van der Waals surface area contributed by atoms with E-state index in [-0.39, 0.29) is 5.91 Å². The molecule has 31 heavy (non-hydrogen) atoms. The Morgan fingerprint density at radius 1 is 1.00 bits per heavy atom. The number of carbonyl (C=O) groups excluding carboxylic acids is 1. The van der Waals surface area contributed by atoms with Gasteiger partial charge in [-0.2, -0.15) is 14.9 Å². The SMILES string of the molecule is N#Cc1ccc(C(=O)Nc2cccc(-c3ccc4nnc(-c5cccs5)n4n3)c2)cc1. The molecular formula is C23H14N6OS. The molecule has 0 spiro atoms. The summed E-state index contributed by atoms with van der Waals surface area (Å²) in [5, 5.41) is 26.9. The zero-order valence-corrected chi connectivity index (χ0v) is 16.9. The van der Waals surface area contributed by atoms with E-state index in [4.69, 9.17) is 10.4 Å². The van der Waals surface area contributed by atoms with E-state index in [0.29, 0.717) is 28.3 Å². The minimum atomic E-state index is -0.246. The van der Waals surface area contributed by atoms with Gasteiger partial charge in [-0.3, -0.25) is 4.79 Å². The molecule has 0 saturated carbocycles. The number of hydrogen-bond acceptors (Lipinski definition) is 6. The largest absolute Gasteiger partial charge is 0.322 e. The minimum absolute atomic E-state index is 0.246. The smallest absolute Gasteiger partial charge is 0.255 e. The first-order chi connectivity index (χ1) is 15.2. The van der Waals surface area contributed by atoms with E-state index in [0.717, 1.165) is 16.1 Å². The van der Waals surface area contributed by atoms with Crippen molar-refractivity contribution in [1.82, 2.24) is 19.8 Å². The summed E-state index contributed by atoms with van der Waals surface area (Å²) in [5.74, 6) is 0.445. The number of nitrogens with zero attached hydrogens (tertiary/aromatic N) is 5. The predicted molar refractivity (Wildman–Crippen MR) is 119 cm³/mol. The van der Waals surface area contributed by atoms with Crippen molar-refractivity contribution in [2.24, 2.45) is 0 Å². The van der Waals surface area contributed by atoms with Gasteiger partial charge in [-0.15, -0.1) is 21.5 Å². The average Bonchev–Trinajstić information content (AvgIpc) is 3.48. The molecular weight excluding hydrogens is 408 g/mol. The van der Waals surface area contributed by atoms with E-state index in [9.17, 15) is 4.79 Å². The highest BCUT2D eigenvalue weighted by Gasteiger charge is 2.12. The molecule has 7 nitrogen and oxygen atoms in total. The van der Waals surface area contributed by atoms with E-state index < -0.39 is 0 Å². The van der Waals surface area contributed by atoms with Gasteiger partial charge in [0, 0.05) is 16.8 Å².